The molecule has 0 aliphatic heterocycles. The molecular weight excluding hydrogens is 216 g/mol. The Morgan fingerprint density at radius 2 is 1.82 bits per heavy atom. The lowest BCUT2D eigenvalue weighted by molar-refractivity contribution is -0.226. The summed E-state index contributed by atoms with van der Waals surface area (Å²) in [6.07, 6.45) is 2.79. The molecule has 17 heavy (non-hydrogen) atoms. The smallest absolute Gasteiger partial charge is 0.0782 e. The standard InChI is InChI=1S/C13H26N2O2/c1-8-11(2)13(16-6)10-9-12(3)14(4)15(5)17-7/h13H,2-3,8-10H2,1,4-7H3. The Morgan fingerprint density at radius 3 is 2.24 bits per heavy atom. The third-order valence-corrected chi connectivity index (χ3v) is 3.03. The normalized spacial score (nSPS) is 12.6. The number of nitrogens with zero attached hydrogens (tertiary/aromatic N) is 2. The van der Waals surface area contributed by atoms with Gasteiger partial charge in [-0.3, -0.25) is 9.85 Å². The highest BCUT2D eigenvalue weighted by molar-refractivity contribution is 5.03. The first kappa shape index (κ1) is 16.2. The van der Waals surface area contributed by atoms with E-state index in [-0.39, 0.29) is 6.10 Å². The maximum absolute atomic E-state index is 5.42. The van der Waals surface area contributed by atoms with Gasteiger partial charge in [-0.2, -0.15) is 0 Å². The molecule has 100 valence electrons. The van der Waals surface area contributed by atoms with Gasteiger partial charge in [0.15, 0.2) is 0 Å². The van der Waals surface area contributed by atoms with Crippen LogP contribution in [0.15, 0.2) is 24.4 Å². The Balaban J connectivity index is 4.17. The van der Waals surface area contributed by atoms with E-state index in [2.05, 4.69) is 20.1 Å². The second-order valence-electron chi connectivity index (χ2n) is 4.01. The molecule has 0 heterocycles. The summed E-state index contributed by atoms with van der Waals surface area (Å²) in [5.74, 6) is 0. The predicted molar refractivity (Wildman–Crippen MR) is 71.1 cm³/mol. The second-order valence-corrected chi connectivity index (χ2v) is 4.01. The fourth-order valence-corrected chi connectivity index (χ4v) is 1.50. The largest absolute Gasteiger partial charge is 0.377 e. The van der Waals surface area contributed by atoms with Gasteiger partial charge in [0.25, 0.3) is 0 Å². The van der Waals surface area contributed by atoms with Crippen LogP contribution < -0.4 is 0 Å². The summed E-state index contributed by atoms with van der Waals surface area (Å²) in [4.78, 5) is 5.08. The number of hydrogen-bond acceptors (Lipinski definition) is 4. The van der Waals surface area contributed by atoms with Crippen LogP contribution in [0, 0.1) is 0 Å². The number of hydrogen-bond donors (Lipinski definition) is 0. The Kier molecular flexibility index (Phi) is 7.87. The van der Waals surface area contributed by atoms with E-state index in [0.29, 0.717) is 0 Å². The predicted octanol–water partition coefficient (Wildman–Crippen LogP) is 2.60. The fourth-order valence-electron chi connectivity index (χ4n) is 1.50. The molecule has 0 radical (unpaired) electrons. The molecule has 0 bridgehead atoms. The van der Waals surface area contributed by atoms with E-state index in [1.807, 2.05) is 19.1 Å². The highest BCUT2D eigenvalue weighted by Crippen LogP contribution is 2.18. The molecule has 0 saturated heterocycles. The molecule has 0 amide bonds. The van der Waals surface area contributed by atoms with E-state index in [0.717, 1.165) is 30.5 Å². The summed E-state index contributed by atoms with van der Waals surface area (Å²) in [6.45, 7) is 10.1. The van der Waals surface area contributed by atoms with Crippen molar-refractivity contribution in [2.45, 2.75) is 32.3 Å². The Bertz CT molecular complexity index is 254. The summed E-state index contributed by atoms with van der Waals surface area (Å²) < 4.78 is 5.42. The van der Waals surface area contributed by atoms with E-state index >= 15 is 0 Å². The van der Waals surface area contributed by atoms with Crippen LogP contribution in [-0.4, -0.2) is 44.6 Å². The van der Waals surface area contributed by atoms with E-state index in [9.17, 15) is 0 Å². The summed E-state index contributed by atoms with van der Waals surface area (Å²) in [7, 11) is 7.10. The highest BCUT2D eigenvalue weighted by Gasteiger charge is 2.13. The number of methoxy groups -OCH3 is 1. The molecule has 0 N–H and O–H groups in total. The van der Waals surface area contributed by atoms with Gasteiger partial charge >= 0.3 is 0 Å². The summed E-state index contributed by atoms with van der Waals surface area (Å²) in [5.41, 5.74) is 2.11. The van der Waals surface area contributed by atoms with Gasteiger partial charge in [0.05, 0.1) is 13.2 Å². The number of rotatable bonds is 9. The van der Waals surface area contributed by atoms with Gasteiger partial charge in [-0.15, -0.1) is 5.17 Å². The van der Waals surface area contributed by atoms with Crippen LogP contribution in [0.5, 0.6) is 0 Å². The van der Waals surface area contributed by atoms with Gasteiger partial charge in [-0.25, -0.2) is 0 Å². The molecule has 4 nitrogen and oxygen atoms in total. The van der Waals surface area contributed by atoms with Crippen molar-refractivity contribution in [2.24, 2.45) is 0 Å². The minimum Gasteiger partial charge on any atom is -0.377 e. The molecule has 0 saturated carbocycles. The van der Waals surface area contributed by atoms with Crippen LogP contribution >= 0.6 is 0 Å². The quantitative estimate of drug-likeness (QED) is 0.458. The van der Waals surface area contributed by atoms with Crippen molar-refractivity contribution in [2.75, 3.05) is 28.3 Å². The molecule has 1 unspecified atom stereocenters. The first-order chi connectivity index (χ1) is 7.97. The van der Waals surface area contributed by atoms with Crippen molar-refractivity contribution in [1.82, 2.24) is 10.2 Å². The van der Waals surface area contributed by atoms with Gasteiger partial charge < -0.3 is 4.74 Å². The van der Waals surface area contributed by atoms with Crippen LogP contribution in [-0.2, 0) is 9.57 Å². The molecule has 0 aromatic carbocycles. The average Bonchev–Trinajstić information content (AvgIpc) is 2.36. The zero-order valence-corrected chi connectivity index (χ0v) is 11.8. The molecule has 0 aromatic heterocycles. The minimum atomic E-state index is 0.109. The monoisotopic (exact) mass is 242 g/mol. The van der Waals surface area contributed by atoms with E-state index in [1.165, 1.54) is 0 Å². The fraction of sp³-hybridized carbons (Fsp3) is 0.692. The summed E-state index contributed by atoms with van der Waals surface area (Å²) >= 11 is 0. The average molecular weight is 242 g/mol. The molecule has 0 rings (SSSR count). The van der Waals surface area contributed by atoms with Gasteiger partial charge in [0.2, 0.25) is 0 Å². The molecule has 0 aromatic rings. The van der Waals surface area contributed by atoms with Crippen molar-refractivity contribution >= 4 is 0 Å². The van der Waals surface area contributed by atoms with E-state index in [1.54, 1.807) is 19.4 Å². The van der Waals surface area contributed by atoms with Gasteiger partial charge in [0, 0.05) is 26.9 Å². The molecular formula is C13H26N2O2. The van der Waals surface area contributed by atoms with Crippen LogP contribution in [0.1, 0.15) is 26.2 Å². The molecule has 0 aliphatic carbocycles. The Labute approximate surface area is 105 Å². The first-order valence-corrected chi connectivity index (χ1v) is 5.87. The molecule has 1 atom stereocenters. The Hall–Kier alpha value is -0.840. The number of ether oxygens (including phenoxy) is 1. The topological polar surface area (TPSA) is 24.9 Å². The first-order valence-electron chi connectivity index (χ1n) is 5.87. The third kappa shape index (κ3) is 5.35. The van der Waals surface area contributed by atoms with Crippen LogP contribution in [0.25, 0.3) is 0 Å². The lowest BCUT2D eigenvalue weighted by Crippen LogP contribution is -2.34. The van der Waals surface area contributed by atoms with E-state index < -0.39 is 0 Å². The lowest BCUT2D eigenvalue weighted by Gasteiger charge is -2.30. The van der Waals surface area contributed by atoms with Gasteiger partial charge in [-0.05, 0) is 24.8 Å². The van der Waals surface area contributed by atoms with Crippen LogP contribution in [0.4, 0.5) is 0 Å². The van der Waals surface area contributed by atoms with Crippen molar-refractivity contribution in [3.05, 3.63) is 24.4 Å². The second kappa shape index (κ2) is 8.28. The van der Waals surface area contributed by atoms with Crippen molar-refractivity contribution in [1.29, 1.82) is 0 Å². The maximum atomic E-state index is 5.42. The molecule has 4 heteroatoms. The molecule has 0 spiro atoms. The zero-order chi connectivity index (χ0) is 13.4. The minimum absolute atomic E-state index is 0.109. The van der Waals surface area contributed by atoms with Crippen molar-refractivity contribution in [3.8, 4) is 0 Å². The van der Waals surface area contributed by atoms with Gasteiger partial charge in [0.1, 0.15) is 0 Å². The summed E-state index contributed by atoms with van der Waals surface area (Å²) in [6, 6.07) is 0. The van der Waals surface area contributed by atoms with Crippen LogP contribution in [0.2, 0.25) is 0 Å². The zero-order valence-electron chi connectivity index (χ0n) is 11.8. The number of hydrazine groups is 1. The lowest BCUT2D eigenvalue weighted by atomic mass is 10.0. The summed E-state index contributed by atoms with van der Waals surface area (Å²) in [5, 5.41) is 3.51. The number of allylic oxidation sites excluding steroid dienone is 1. The Morgan fingerprint density at radius 1 is 1.24 bits per heavy atom. The van der Waals surface area contributed by atoms with Crippen LogP contribution in [0.3, 0.4) is 0 Å². The number of hydroxylamine groups is 1. The maximum Gasteiger partial charge on any atom is 0.0782 e. The third-order valence-electron chi connectivity index (χ3n) is 3.03. The SMILES string of the molecule is C=C(CC)C(CCC(=C)N(C)N(C)OC)OC. The molecule has 0 fully saturated rings. The molecule has 0 aliphatic rings. The van der Waals surface area contributed by atoms with Crippen molar-refractivity contribution in [3.63, 3.8) is 0 Å². The van der Waals surface area contributed by atoms with Gasteiger partial charge in [-0.1, -0.05) is 20.1 Å². The highest BCUT2D eigenvalue weighted by atomic mass is 16.7. The van der Waals surface area contributed by atoms with E-state index in [4.69, 9.17) is 9.57 Å². The van der Waals surface area contributed by atoms with Crippen molar-refractivity contribution < 1.29 is 9.57 Å².